The first-order chi connectivity index (χ1) is 20.4. The Morgan fingerprint density at radius 3 is 1.98 bits per heavy atom. The molecule has 10 N–H and O–H groups in total. The van der Waals surface area contributed by atoms with Crippen LogP contribution in [0, 0.1) is 0 Å². The average molecular weight is 611 g/mol. The molecule has 2 aromatic carbocycles. The van der Waals surface area contributed by atoms with Crippen LogP contribution in [0.5, 0.6) is 23.0 Å². The molecule has 0 unspecified atom stereocenters. The van der Waals surface area contributed by atoms with Crippen molar-refractivity contribution in [2.75, 3.05) is 13.2 Å². The Kier molecular flexibility index (Phi) is 8.77. The van der Waals surface area contributed by atoms with Gasteiger partial charge in [0.15, 0.2) is 12.1 Å². The SMILES string of the molecule is O=c1c(O[C@@H]2O[C@H](CO[C@@H]3O[C@@H](CO)[C@H](O)[C@@H](O)[C@H]3O)[C@@H](O)[C@H](O)[C@H]2O)c(-c2ccc(O)cc2)oc2cc(O)cc(O)c12. The Hall–Kier alpha value is -3.55. The summed E-state index contributed by atoms with van der Waals surface area (Å²) in [5.74, 6) is -2.07. The molecule has 0 spiro atoms. The number of aromatic hydroxyl groups is 3. The predicted molar refractivity (Wildman–Crippen MR) is 140 cm³/mol. The van der Waals surface area contributed by atoms with Gasteiger partial charge in [0.1, 0.15) is 77.0 Å². The highest BCUT2D eigenvalue weighted by Crippen LogP contribution is 2.37. The summed E-state index contributed by atoms with van der Waals surface area (Å²) in [7, 11) is 0. The van der Waals surface area contributed by atoms with E-state index in [1.165, 1.54) is 24.3 Å². The van der Waals surface area contributed by atoms with Gasteiger partial charge >= 0.3 is 0 Å². The van der Waals surface area contributed by atoms with Gasteiger partial charge in [-0.05, 0) is 24.3 Å². The van der Waals surface area contributed by atoms with E-state index in [1.54, 1.807) is 0 Å². The van der Waals surface area contributed by atoms with Gasteiger partial charge in [0.05, 0.1) is 13.2 Å². The molecule has 0 saturated carbocycles. The maximum atomic E-state index is 13.6. The second-order valence-corrected chi connectivity index (χ2v) is 10.1. The molecule has 0 bridgehead atoms. The summed E-state index contributed by atoms with van der Waals surface area (Å²) < 4.78 is 27.8. The molecule has 43 heavy (non-hydrogen) atoms. The molecule has 0 aliphatic carbocycles. The average Bonchev–Trinajstić information content (AvgIpc) is 2.97. The van der Waals surface area contributed by atoms with Crippen LogP contribution in [0.1, 0.15) is 0 Å². The molecular formula is C27H30O16. The van der Waals surface area contributed by atoms with Gasteiger partial charge in [-0.15, -0.1) is 0 Å². The maximum Gasteiger partial charge on any atom is 0.239 e. The Morgan fingerprint density at radius 1 is 0.721 bits per heavy atom. The van der Waals surface area contributed by atoms with E-state index in [-0.39, 0.29) is 22.7 Å². The molecule has 3 heterocycles. The first kappa shape index (κ1) is 30.9. The number of phenols is 3. The molecule has 2 fully saturated rings. The van der Waals surface area contributed by atoms with Gasteiger partial charge in [0.2, 0.25) is 17.5 Å². The fourth-order valence-corrected chi connectivity index (χ4v) is 4.84. The summed E-state index contributed by atoms with van der Waals surface area (Å²) in [6.07, 6.45) is -17.1. The zero-order valence-electron chi connectivity index (χ0n) is 22.1. The lowest BCUT2D eigenvalue weighted by molar-refractivity contribution is -0.323. The smallest absolute Gasteiger partial charge is 0.239 e. The van der Waals surface area contributed by atoms with Crippen LogP contribution in [-0.2, 0) is 14.2 Å². The summed E-state index contributed by atoms with van der Waals surface area (Å²) in [5.41, 5.74) is -1.01. The summed E-state index contributed by atoms with van der Waals surface area (Å²) in [5, 5.41) is 101. The second kappa shape index (κ2) is 12.2. The number of rotatable bonds is 7. The number of ether oxygens (including phenoxy) is 4. The number of aliphatic hydroxyl groups is 7. The third kappa shape index (κ3) is 5.85. The van der Waals surface area contributed by atoms with Gasteiger partial charge in [0, 0.05) is 17.7 Å². The summed E-state index contributed by atoms with van der Waals surface area (Å²) in [6, 6.07) is 7.25. The molecule has 5 rings (SSSR count). The number of hydrogen-bond donors (Lipinski definition) is 10. The second-order valence-electron chi connectivity index (χ2n) is 10.1. The minimum atomic E-state index is -1.95. The molecule has 2 aliphatic rings. The molecule has 3 aromatic rings. The third-order valence-corrected chi connectivity index (χ3v) is 7.22. The van der Waals surface area contributed by atoms with E-state index in [1.807, 2.05) is 0 Å². The van der Waals surface area contributed by atoms with Crippen molar-refractivity contribution in [1.29, 1.82) is 0 Å². The molecule has 234 valence electrons. The molecule has 0 radical (unpaired) electrons. The number of aliphatic hydroxyl groups excluding tert-OH is 7. The van der Waals surface area contributed by atoms with Crippen molar-refractivity contribution in [3.63, 3.8) is 0 Å². The van der Waals surface area contributed by atoms with Crippen molar-refractivity contribution in [2.45, 2.75) is 61.4 Å². The highest BCUT2D eigenvalue weighted by Gasteiger charge is 2.48. The summed E-state index contributed by atoms with van der Waals surface area (Å²) in [4.78, 5) is 13.6. The lowest BCUT2D eigenvalue weighted by Crippen LogP contribution is -2.62. The molecule has 0 amide bonds. The fraction of sp³-hybridized carbons (Fsp3) is 0.444. The number of fused-ring (bicyclic) bond motifs is 1. The zero-order valence-corrected chi connectivity index (χ0v) is 22.1. The van der Waals surface area contributed by atoms with Gasteiger partial charge in [-0.2, -0.15) is 0 Å². The lowest BCUT2D eigenvalue weighted by Gasteiger charge is -2.42. The van der Waals surface area contributed by atoms with Crippen molar-refractivity contribution >= 4 is 11.0 Å². The van der Waals surface area contributed by atoms with Crippen LogP contribution < -0.4 is 10.2 Å². The highest BCUT2D eigenvalue weighted by atomic mass is 16.7. The number of phenolic OH excluding ortho intramolecular Hbond substituents is 3. The fourth-order valence-electron chi connectivity index (χ4n) is 4.84. The molecule has 16 nitrogen and oxygen atoms in total. The van der Waals surface area contributed by atoms with E-state index < -0.39 is 103 Å². The van der Waals surface area contributed by atoms with Crippen LogP contribution in [0.15, 0.2) is 45.6 Å². The van der Waals surface area contributed by atoms with Crippen LogP contribution in [0.25, 0.3) is 22.3 Å². The zero-order chi connectivity index (χ0) is 31.2. The lowest BCUT2D eigenvalue weighted by atomic mass is 9.98. The monoisotopic (exact) mass is 610 g/mol. The maximum absolute atomic E-state index is 13.6. The minimum absolute atomic E-state index is 0.116. The number of hydrogen-bond acceptors (Lipinski definition) is 16. The topological polar surface area (TPSA) is 269 Å². The standard InChI is InChI=1S/C27H30O16/c28-7-14-17(32)20(35)22(37)26(41-14)39-8-15-18(33)21(36)23(38)27(42-15)43-25-19(34)16-12(31)5-11(30)6-13(16)40-24(25)9-1-3-10(29)4-2-9/h1-6,14-15,17-18,20-23,26-33,35-38H,7-8H2/t14-,15+,17-,18+,20+,21-,22+,23+,26+,27-/m0/s1. The van der Waals surface area contributed by atoms with Gasteiger partial charge < -0.3 is 74.4 Å². The minimum Gasteiger partial charge on any atom is -0.508 e. The van der Waals surface area contributed by atoms with Crippen LogP contribution in [-0.4, -0.2) is 126 Å². The van der Waals surface area contributed by atoms with Gasteiger partial charge in [-0.1, -0.05) is 0 Å². The van der Waals surface area contributed by atoms with E-state index in [0.717, 1.165) is 12.1 Å². The number of benzene rings is 2. The van der Waals surface area contributed by atoms with E-state index in [9.17, 15) is 55.9 Å². The summed E-state index contributed by atoms with van der Waals surface area (Å²) in [6.45, 7) is -1.37. The van der Waals surface area contributed by atoms with Crippen molar-refractivity contribution in [3.05, 3.63) is 46.6 Å². The van der Waals surface area contributed by atoms with E-state index in [4.69, 9.17) is 23.4 Å². The first-order valence-electron chi connectivity index (χ1n) is 13.0. The van der Waals surface area contributed by atoms with E-state index in [2.05, 4.69) is 0 Å². The predicted octanol–water partition coefficient (Wildman–Crippen LogP) is -2.42. The van der Waals surface area contributed by atoms with E-state index >= 15 is 0 Å². The summed E-state index contributed by atoms with van der Waals surface area (Å²) >= 11 is 0. The van der Waals surface area contributed by atoms with E-state index in [0.29, 0.717) is 0 Å². The van der Waals surface area contributed by atoms with Crippen molar-refractivity contribution in [1.82, 2.24) is 0 Å². The molecule has 2 saturated heterocycles. The van der Waals surface area contributed by atoms with Crippen LogP contribution in [0.2, 0.25) is 0 Å². The largest absolute Gasteiger partial charge is 0.508 e. The Morgan fingerprint density at radius 2 is 1.33 bits per heavy atom. The molecule has 1 aromatic heterocycles. The normalized spacial score (nSPS) is 33.0. The molecule has 16 heteroatoms. The molecule has 2 aliphatic heterocycles. The first-order valence-corrected chi connectivity index (χ1v) is 13.0. The van der Waals surface area contributed by atoms with Crippen molar-refractivity contribution in [2.24, 2.45) is 0 Å². The van der Waals surface area contributed by atoms with Crippen LogP contribution in [0.3, 0.4) is 0 Å². The Labute approximate surface area is 241 Å². The van der Waals surface area contributed by atoms with Gasteiger partial charge in [0.25, 0.3) is 0 Å². The Bertz CT molecular complexity index is 1490. The van der Waals surface area contributed by atoms with Crippen LogP contribution >= 0.6 is 0 Å². The van der Waals surface area contributed by atoms with Gasteiger partial charge in [-0.25, -0.2) is 0 Å². The van der Waals surface area contributed by atoms with Crippen molar-refractivity contribution < 1.29 is 74.4 Å². The van der Waals surface area contributed by atoms with Crippen molar-refractivity contribution in [3.8, 4) is 34.3 Å². The molecule has 10 atom stereocenters. The Balaban J connectivity index is 1.45. The highest BCUT2D eigenvalue weighted by molar-refractivity contribution is 5.88. The molecular weight excluding hydrogens is 580 g/mol. The van der Waals surface area contributed by atoms with Gasteiger partial charge in [-0.3, -0.25) is 4.79 Å². The van der Waals surface area contributed by atoms with Crippen LogP contribution in [0.4, 0.5) is 0 Å². The third-order valence-electron chi connectivity index (χ3n) is 7.22. The quantitative estimate of drug-likeness (QED) is 0.133.